The van der Waals surface area contributed by atoms with Crippen LogP contribution in [-0.4, -0.2) is 47.8 Å². The Kier molecular flexibility index (Phi) is 6.60. The summed E-state index contributed by atoms with van der Waals surface area (Å²) in [7, 11) is 1.76. The molecule has 0 aromatic heterocycles. The molecule has 1 atom stereocenters. The maximum absolute atomic E-state index is 12.9. The van der Waals surface area contributed by atoms with E-state index in [1.165, 1.54) is 11.1 Å². The van der Waals surface area contributed by atoms with Crippen LogP contribution in [0.15, 0.2) is 42.5 Å². The summed E-state index contributed by atoms with van der Waals surface area (Å²) in [6.07, 6.45) is 0.851. The Hall–Kier alpha value is -2.08. The van der Waals surface area contributed by atoms with Crippen LogP contribution in [-0.2, 0) is 22.6 Å². The summed E-state index contributed by atoms with van der Waals surface area (Å²) in [5.41, 5.74) is 2.86. The maximum atomic E-state index is 12.9. The Balaban J connectivity index is 1.59. The summed E-state index contributed by atoms with van der Waals surface area (Å²) in [5, 5.41) is 3.48. The smallest absolute Gasteiger partial charge is 0.239 e. The van der Waals surface area contributed by atoms with Crippen molar-refractivity contribution >= 4 is 40.7 Å². The predicted octanol–water partition coefficient (Wildman–Crippen LogP) is 3.84. The minimum absolute atomic E-state index is 0.0144. The first kappa shape index (κ1) is 20.6. The van der Waals surface area contributed by atoms with E-state index in [1.54, 1.807) is 30.1 Å². The Morgan fingerprint density at radius 1 is 1.11 bits per heavy atom. The van der Waals surface area contributed by atoms with Crippen LogP contribution < -0.4 is 5.32 Å². The zero-order valence-corrected chi connectivity index (χ0v) is 17.4. The number of rotatable bonds is 5. The zero-order chi connectivity index (χ0) is 20.3. The second kappa shape index (κ2) is 8.95. The van der Waals surface area contributed by atoms with Gasteiger partial charge in [-0.05, 0) is 43.7 Å². The molecule has 7 heteroatoms. The van der Waals surface area contributed by atoms with Crippen molar-refractivity contribution in [3.63, 3.8) is 0 Å². The highest BCUT2D eigenvalue weighted by Crippen LogP contribution is 2.29. The zero-order valence-electron chi connectivity index (χ0n) is 15.9. The lowest BCUT2D eigenvalue weighted by atomic mass is 9.99. The van der Waals surface area contributed by atoms with Gasteiger partial charge in [0.1, 0.15) is 0 Å². The van der Waals surface area contributed by atoms with Crippen molar-refractivity contribution < 1.29 is 9.59 Å². The van der Waals surface area contributed by atoms with Gasteiger partial charge in [0.2, 0.25) is 11.8 Å². The Morgan fingerprint density at radius 3 is 2.43 bits per heavy atom. The van der Waals surface area contributed by atoms with Gasteiger partial charge in [-0.25, -0.2) is 0 Å². The summed E-state index contributed by atoms with van der Waals surface area (Å²) < 4.78 is 0. The third-order valence-electron chi connectivity index (χ3n) is 5.08. The summed E-state index contributed by atoms with van der Waals surface area (Å²) in [5.74, 6) is -0.262. The molecule has 0 radical (unpaired) electrons. The third kappa shape index (κ3) is 4.66. The Morgan fingerprint density at radius 2 is 1.75 bits per heavy atom. The van der Waals surface area contributed by atoms with Crippen LogP contribution in [0.3, 0.4) is 0 Å². The fourth-order valence-electron chi connectivity index (χ4n) is 3.30. The van der Waals surface area contributed by atoms with E-state index in [0.717, 1.165) is 6.42 Å². The summed E-state index contributed by atoms with van der Waals surface area (Å²) in [6, 6.07) is 12.8. The molecule has 0 saturated heterocycles. The van der Waals surface area contributed by atoms with E-state index in [-0.39, 0.29) is 18.4 Å². The molecular formula is C21H23Cl2N3O2. The number of carbonyl (C=O) groups excluding carboxylic acids is 2. The van der Waals surface area contributed by atoms with Gasteiger partial charge in [-0.2, -0.15) is 0 Å². The topological polar surface area (TPSA) is 52.7 Å². The first-order valence-corrected chi connectivity index (χ1v) is 9.92. The van der Waals surface area contributed by atoms with Gasteiger partial charge in [0, 0.05) is 13.1 Å². The number of fused-ring (bicyclic) bond motifs is 1. The summed E-state index contributed by atoms with van der Waals surface area (Å²) in [4.78, 5) is 28.9. The largest absolute Gasteiger partial charge is 0.337 e. The Bertz CT molecular complexity index is 867. The van der Waals surface area contributed by atoms with E-state index in [2.05, 4.69) is 17.4 Å². The van der Waals surface area contributed by atoms with Crippen molar-refractivity contribution in [1.82, 2.24) is 9.80 Å². The summed E-state index contributed by atoms with van der Waals surface area (Å²) in [6.45, 7) is 3.17. The molecular weight excluding hydrogens is 397 g/mol. The van der Waals surface area contributed by atoms with Crippen LogP contribution in [0, 0.1) is 0 Å². The SMILES string of the molecule is C[C@H](C(=O)N1CCc2ccccc2C1)N(C)CC(=O)Nc1c(Cl)cccc1Cl. The second-order valence-electron chi connectivity index (χ2n) is 7.01. The molecule has 3 rings (SSSR count). The minimum Gasteiger partial charge on any atom is -0.337 e. The van der Waals surface area contributed by atoms with Crippen LogP contribution >= 0.6 is 23.2 Å². The molecule has 1 N–H and O–H groups in total. The molecule has 1 heterocycles. The van der Waals surface area contributed by atoms with E-state index in [0.29, 0.717) is 28.8 Å². The average molecular weight is 420 g/mol. The molecule has 1 aliphatic heterocycles. The molecule has 148 valence electrons. The molecule has 0 unspecified atom stereocenters. The van der Waals surface area contributed by atoms with Gasteiger partial charge in [-0.15, -0.1) is 0 Å². The molecule has 0 saturated carbocycles. The van der Waals surface area contributed by atoms with Gasteiger partial charge >= 0.3 is 0 Å². The van der Waals surface area contributed by atoms with Crippen molar-refractivity contribution in [2.45, 2.75) is 25.9 Å². The fraction of sp³-hybridized carbons (Fsp3) is 0.333. The van der Waals surface area contributed by atoms with E-state index in [4.69, 9.17) is 23.2 Å². The first-order valence-electron chi connectivity index (χ1n) is 9.16. The van der Waals surface area contributed by atoms with Crippen LogP contribution in [0.4, 0.5) is 5.69 Å². The molecule has 0 fully saturated rings. The van der Waals surface area contributed by atoms with Crippen LogP contribution in [0.5, 0.6) is 0 Å². The number of likely N-dealkylation sites (N-methyl/N-ethyl adjacent to an activating group) is 1. The molecule has 1 aliphatic rings. The van der Waals surface area contributed by atoms with E-state index >= 15 is 0 Å². The van der Waals surface area contributed by atoms with Crippen LogP contribution in [0.2, 0.25) is 10.0 Å². The highest BCUT2D eigenvalue weighted by molar-refractivity contribution is 6.39. The van der Waals surface area contributed by atoms with Gasteiger partial charge in [0.25, 0.3) is 0 Å². The lowest BCUT2D eigenvalue weighted by Gasteiger charge is -2.33. The number of amides is 2. The lowest BCUT2D eigenvalue weighted by Crippen LogP contribution is -2.49. The van der Waals surface area contributed by atoms with Gasteiger partial charge in [0.15, 0.2) is 0 Å². The number of halogens is 2. The van der Waals surface area contributed by atoms with Gasteiger partial charge < -0.3 is 10.2 Å². The predicted molar refractivity (Wildman–Crippen MR) is 113 cm³/mol. The molecule has 2 aromatic rings. The second-order valence-corrected chi connectivity index (χ2v) is 7.83. The molecule has 28 heavy (non-hydrogen) atoms. The number of nitrogens with zero attached hydrogens (tertiary/aromatic N) is 2. The molecule has 2 aromatic carbocycles. The average Bonchev–Trinajstić information content (AvgIpc) is 2.69. The highest BCUT2D eigenvalue weighted by atomic mass is 35.5. The number of benzene rings is 2. The van der Waals surface area contributed by atoms with Crippen LogP contribution in [0.25, 0.3) is 0 Å². The number of hydrogen-bond donors (Lipinski definition) is 1. The highest BCUT2D eigenvalue weighted by Gasteiger charge is 2.27. The normalized spacial score (nSPS) is 14.5. The van der Waals surface area contributed by atoms with E-state index < -0.39 is 6.04 Å². The molecule has 0 aliphatic carbocycles. The Labute approximate surface area is 175 Å². The number of nitrogens with one attached hydrogen (secondary N) is 1. The van der Waals surface area contributed by atoms with Gasteiger partial charge in [-0.3, -0.25) is 14.5 Å². The van der Waals surface area contributed by atoms with Crippen molar-refractivity contribution in [3.8, 4) is 0 Å². The quantitative estimate of drug-likeness (QED) is 0.800. The number of hydrogen-bond acceptors (Lipinski definition) is 3. The fourth-order valence-corrected chi connectivity index (χ4v) is 3.79. The molecule has 5 nitrogen and oxygen atoms in total. The standard InChI is InChI=1S/C21H23Cl2N3O2/c1-14(21(28)26-11-10-15-6-3-4-7-16(15)12-26)25(2)13-19(27)24-20-17(22)8-5-9-18(20)23/h3-9,14H,10-13H2,1-2H3,(H,24,27)/t14-/m1/s1. The number of anilines is 1. The molecule has 0 spiro atoms. The monoisotopic (exact) mass is 419 g/mol. The first-order chi connectivity index (χ1) is 13.4. The summed E-state index contributed by atoms with van der Waals surface area (Å²) >= 11 is 12.2. The number of para-hydroxylation sites is 1. The molecule has 0 bridgehead atoms. The molecule has 2 amide bonds. The third-order valence-corrected chi connectivity index (χ3v) is 5.71. The van der Waals surface area contributed by atoms with Gasteiger partial charge in [-0.1, -0.05) is 53.5 Å². The van der Waals surface area contributed by atoms with Gasteiger partial charge in [0.05, 0.1) is 28.3 Å². The van der Waals surface area contributed by atoms with Crippen molar-refractivity contribution in [2.75, 3.05) is 25.5 Å². The van der Waals surface area contributed by atoms with Crippen molar-refractivity contribution in [3.05, 3.63) is 63.6 Å². The van der Waals surface area contributed by atoms with Crippen molar-refractivity contribution in [2.24, 2.45) is 0 Å². The minimum atomic E-state index is -0.419. The van der Waals surface area contributed by atoms with E-state index in [1.807, 2.05) is 24.0 Å². The van der Waals surface area contributed by atoms with E-state index in [9.17, 15) is 9.59 Å². The van der Waals surface area contributed by atoms with Crippen molar-refractivity contribution in [1.29, 1.82) is 0 Å². The maximum Gasteiger partial charge on any atom is 0.239 e. The lowest BCUT2D eigenvalue weighted by molar-refractivity contribution is -0.137. The number of carbonyl (C=O) groups is 2. The van der Waals surface area contributed by atoms with Crippen LogP contribution in [0.1, 0.15) is 18.1 Å².